The minimum Gasteiger partial charge on any atom is -0.482 e. The van der Waals surface area contributed by atoms with Crippen molar-refractivity contribution < 1.29 is 18.5 Å². The van der Waals surface area contributed by atoms with E-state index in [-0.39, 0.29) is 0 Å². The number of nitrogens with zero attached hydrogens (tertiary/aromatic N) is 4. The molecule has 0 radical (unpaired) electrons. The zero-order chi connectivity index (χ0) is 14.1. The number of oxime groups is 1. The van der Waals surface area contributed by atoms with Gasteiger partial charge in [0, 0.05) is 12.6 Å². The Hall–Kier alpha value is -2.64. The van der Waals surface area contributed by atoms with Gasteiger partial charge in [0.15, 0.2) is 12.8 Å². The standard InChI is InChI=1S/C3H5NO.C3H3NO.C3H5NO.C3H3NO/c2*1-2-5-3-4-1;2*1-2-4-5-3-1/h3H,1-2H2;1-3H;2H,1,3H2;1-3H. The zero-order valence-corrected chi connectivity index (χ0v) is 10.9. The van der Waals surface area contributed by atoms with Crippen molar-refractivity contribution in [3.05, 3.63) is 37.4 Å². The molecule has 0 spiro atoms. The van der Waals surface area contributed by atoms with Gasteiger partial charge in [-0.2, -0.15) is 0 Å². The summed E-state index contributed by atoms with van der Waals surface area (Å²) in [5, 5.41) is 6.81. The van der Waals surface area contributed by atoms with Crippen molar-refractivity contribution in [2.24, 2.45) is 10.1 Å². The molecule has 0 amide bonds. The lowest BCUT2D eigenvalue weighted by Crippen LogP contribution is -1.80. The van der Waals surface area contributed by atoms with E-state index in [0.29, 0.717) is 0 Å². The minimum atomic E-state index is 0.778. The molecule has 0 saturated carbocycles. The van der Waals surface area contributed by atoms with E-state index in [1.165, 1.54) is 25.3 Å². The molecule has 4 heterocycles. The summed E-state index contributed by atoms with van der Waals surface area (Å²) >= 11 is 0. The van der Waals surface area contributed by atoms with Crippen LogP contribution >= 0.6 is 0 Å². The van der Waals surface area contributed by atoms with Crippen molar-refractivity contribution in [3.63, 3.8) is 0 Å². The lowest BCUT2D eigenvalue weighted by atomic mass is 10.5. The third-order valence-corrected chi connectivity index (χ3v) is 1.67. The minimum absolute atomic E-state index is 0.778. The highest BCUT2D eigenvalue weighted by Crippen LogP contribution is 1.86. The molecular weight excluding hydrogens is 264 g/mol. The third kappa shape index (κ3) is 10.5. The van der Waals surface area contributed by atoms with Crippen LogP contribution in [0.4, 0.5) is 0 Å². The van der Waals surface area contributed by atoms with Crippen LogP contribution in [0.15, 0.2) is 56.5 Å². The molecule has 0 saturated heterocycles. The fourth-order valence-electron chi connectivity index (χ4n) is 0.878. The lowest BCUT2D eigenvalue weighted by Gasteiger charge is -1.76. The first-order chi connectivity index (χ1) is 10.0. The van der Waals surface area contributed by atoms with Crippen molar-refractivity contribution >= 4 is 12.6 Å². The van der Waals surface area contributed by atoms with Crippen LogP contribution in [0, 0.1) is 0 Å². The van der Waals surface area contributed by atoms with Gasteiger partial charge in [-0.1, -0.05) is 10.3 Å². The maximum absolute atomic E-state index is 4.65. The Morgan fingerprint density at radius 3 is 2.25 bits per heavy atom. The number of oxazole rings is 1. The van der Waals surface area contributed by atoms with Gasteiger partial charge in [-0.3, -0.25) is 4.99 Å². The Morgan fingerprint density at radius 2 is 2.05 bits per heavy atom. The van der Waals surface area contributed by atoms with Gasteiger partial charge in [-0.15, -0.1) is 0 Å². The molecule has 0 bridgehead atoms. The molecular formula is C12H16N4O4. The van der Waals surface area contributed by atoms with E-state index in [4.69, 9.17) is 0 Å². The van der Waals surface area contributed by atoms with E-state index >= 15 is 0 Å². The smallest absolute Gasteiger partial charge is 0.180 e. The summed E-state index contributed by atoms with van der Waals surface area (Å²) in [5.41, 5.74) is 0. The van der Waals surface area contributed by atoms with Crippen molar-refractivity contribution in [3.8, 4) is 0 Å². The molecule has 108 valence electrons. The quantitative estimate of drug-likeness (QED) is 0.730. The SMILES string of the molecule is C1=NCCO1.C1=NOCC1.c1cnoc1.c1cocn1. The van der Waals surface area contributed by atoms with Gasteiger partial charge >= 0.3 is 0 Å². The lowest BCUT2D eigenvalue weighted by molar-refractivity contribution is 0.174. The summed E-state index contributed by atoms with van der Waals surface area (Å²) in [6, 6.07) is 1.72. The van der Waals surface area contributed by atoms with Gasteiger partial charge in [-0.25, -0.2) is 4.98 Å². The van der Waals surface area contributed by atoms with Gasteiger partial charge in [0.05, 0.1) is 18.9 Å². The molecule has 4 rings (SSSR count). The van der Waals surface area contributed by atoms with E-state index in [9.17, 15) is 0 Å². The molecule has 0 aromatic carbocycles. The Labute approximate surface area is 116 Å². The molecule has 8 heteroatoms. The molecule has 2 aromatic heterocycles. The number of aromatic nitrogens is 2. The third-order valence-electron chi connectivity index (χ3n) is 1.67. The van der Waals surface area contributed by atoms with Crippen molar-refractivity contribution in [2.45, 2.75) is 6.42 Å². The van der Waals surface area contributed by atoms with E-state index in [0.717, 1.165) is 26.2 Å². The van der Waals surface area contributed by atoms with E-state index in [2.05, 4.69) is 38.8 Å². The van der Waals surface area contributed by atoms with Crippen LogP contribution in [0.2, 0.25) is 0 Å². The Bertz CT molecular complexity index is 340. The molecule has 0 atom stereocenters. The molecule has 0 N–H and O–H groups in total. The molecule has 2 aliphatic heterocycles. The fraction of sp³-hybridized carbons (Fsp3) is 0.333. The number of ether oxygens (including phenoxy) is 1. The Kier molecular flexibility index (Phi) is 9.87. The van der Waals surface area contributed by atoms with Crippen LogP contribution in [-0.4, -0.2) is 42.5 Å². The molecule has 0 unspecified atom stereocenters. The maximum atomic E-state index is 4.65. The number of hydrogen-bond donors (Lipinski definition) is 0. The highest BCUT2D eigenvalue weighted by Gasteiger charge is 1.86. The monoisotopic (exact) mass is 280 g/mol. The molecule has 20 heavy (non-hydrogen) atoms. The summed E-state index contributed by atoms with van der Waals surface area (Å²) < 4.78 is 13.5. The molecule has 0 aliphatic carbocycles. The van der Waals surface area contributed by atoms with Crippen LogP contribution < -0.4 is 0 Å². The van der Waals surface area contributed by atoms with Gasteiger partial charge < -0.3 is 18.5 Å². The number of aliphatic imine (C=N–C) groups is 1. The van der Waals surface area contributed by atoms with Gasteiger partial charge in [-0.05, 0) is 6.07 Å². The summed E-state index contributed by atoms with van der Waals surface area (Å²) in [6.07, 6.45) is 11.8. The normalized spacial score (nSPS) is 13.6. The Morgan fingerprint density at radius 1 is 1.05 bits per heavy atom. The second kappa shape index (κ2) is 12.8. The number of rotatable bonds is 0. The van der Waals surface area contributed by atoms with Crippen LogP contribution in [0.25, 0.3) is 0 Å². The largest absolute Gasteiger partial charge is 0.482 e. The first-order valence-corrected chi connectivity index (χ1v) is 5.90. The van der Waals surface area contributed by atoms with Crippen molar-refractivity contribution in [1.29, 1.82) is 0 Å². The maximum Gasteiger partial charge on any atom is 0.180 e. The Balaban J connectivity index is 0.000000133. The summed E-state index contributed by atoms with van der Waals surface area (Å²) in [5.74, 6) is 0. The highest BCUT2D eigenvalue weighted by atomic mass is 16.6. The molecule has 0 fully saturated rings. The van der Waals surface area contributed by atoms with E-state index in [1.54, 1.807) is 24.7 Å². The average Bonchev–Trinajstić information content (AvgIpc) is 3.40. The fourth-order valence-corrected chi connectivity index (χ4v) is 0.878. The first-order valence-electron chi connectivity index (χ1n) is 5.90. The molecule has 2 aliphatic rings. The zero-order valence-electron chi connectivity index (χ0n) is 10.9. The second-order valence-electron chi connectivity index (χ2n) is 3.16. The predicted molar refractivity (Wildman–Crippen MR) is 71.4 cm³/mol. The van der Waals surface area contributed by atoms with Gasteiger partial charge in [0.2, 0.25) is 0 Å². The van der Waals surface area contributed by atoms with E-state index < -0.39 is 0 Å². The van der Waals surface area contributed by atoms with E-state index in [1.807, 2.05) is 0 Å². The van der Waals surface area contributed by atoms with Crippen molar-refractivity contribution in [2.75, 3.05) is 19.8 Å². The van der Waals surface area contributed by atoms with Crippen LogP contribution in [-0.2, 0) is 9.57 Å². The molecule has 8 nitrogen and oxygen atoms in total. The second-order valence-corrected chi connectivity index (χ2v) is 3.16. The van der Waals surface area contributed by atoms with Gasteiger partial charge in [0.25, 0.3) is 0 Å². The topological polar surface area (TPSA) is 95.2 Å². The summed E-state index contributed by atoms with van der Waals surface area (Å²) in [4.78, 5) is 11.8. The average molecular weight is 280 g/mol. The van der Waals surface area contributed by atoms with Crippen LogP contribution in [0.5, 0.6) is 0 Å². The van der Waals surface area contributed by atoms with Crippen LogP contribution in [0.3, 0.4) is 0 Å². The summed E-state index contributed by atoms with van der Waals surface area (Å²) in [7, 11) is 0. The predicted octanol–water partition coefficient (Wildman–Crippen LogP) is 1.79. The highest BCUT2D eigenvalue weighted by molar-refractivity contribution is 5.57. The van der Waals surface area contributed by atoms with Crippen LogP contribution in [0.1, 0.15) is 6.42 Å². The molecule has 2 aromatic rings. The van der Waals surface area contributed by atoms with Gasteiger partial charge in [0.1, 0.15) is 25.7 Å². The van der Waals surface area contributed by atoms with Crippen molar-refractivity contribution in [1.82, 2.24) is 10.1 Å². The first kappa shape index (κ1) is 15.4. The number of hydrogen-bond acceptors (Lipinski definition) is 8. The summed E-state index contributed by atoms with van der Waals surface area (Å²) in [6.45, 7) is 2.40.